The molecule has 0 radical (unpaired) electrons. The quantitative estimate of drug-likeness (QED) is 0.616. The van der Waals surface area contributed by atoms with Gasteiger partial charge < -0.3 is 5.11 Å². The van der Waals surface area contributed by atoms with Gasteiger partial charge in [-0.1, -0.05) is 48.5 Å². The fourth-order valence-electron chi connectivity index (χ4n) is 2.50. The zero-order chi connectivity index (χ0) is 11.8. The van der Waals surface area contributed by atoms with Crippen LogP contribution in [-0.4, -0.2) is 5.11 Å². The molecule has 1 atom stereocenters. The second kappa shape index (κ2) is 3.86. The molecule has 0 saturated heterocycles. The van der Waals surface area contributed by atoms with Crippen molar-refractivity contribution in [1.29, 1.82) is 0 Å². The van der Waals surface area contributed by atoms with Crippen LogP contribution in [-0.2, 0) is 0 Å². The van der Waals surface area contributed by atoms with Crippen LogP contribution in [0.1, 0.15) is 18.6 Å². The molecule has 0 aromatic heterocycles. The number of fused-ring (bicyclic) bond motifs is 2. The molecule has 0 saturated carbocycles. The van der Waals surface area contributed by atoms with E-state index in [9.17, 15) is 5.11 Å². The van der Waals surface area contributed by atoms with Crippen molar-refractivity contribution in [2.45, 2.75) is 13.0 Å². The van der Waals surface area contributed by atoms with Crippen molar-refractivity contribution in [2.24, 2.45) is 0 Å². The maximum absolute atomic E-state index is 10.0. The van der Waals surface area contributed by atoms with Crippen molar-refractivity contribution >= 4 is 21.5 Å². The number of benzene rings is 3. The summed E-state index contributed by atoms with van der Waals surface area (Å²) in [7, 11) is 0. The molecule has 0 aliphatic rings. The Morgan fingerprint density at radius 3 is 1.76 bits per heavy atom. The zero-order valence-electron chi connectivity index (χ0n) is 9.72. The molecule has 0 heterocycles. The minimum atomic E-state index is -0.453. The van der Waals surface area contributed by atoms with Gasteiger partial charge in [-0.05, 0) is 40.1 Å². The van der Waals surface area contributed by atoms with Crippen molar-refractivity contribution in [3.05, 3.63) is 60.2 Å². The lowest BCUT2D eigenvalue weighted by molar-refractivity contribution is 0.202. The van der Waals surface area contributed by atoms with E-state index in [0.717, 1.165) is 16.3 Å². The highest BCUT2D eigenvalue weighted by Crippen LogP contribution is 2.32. The summed E-state index contributed by atoms with van der Waals surface area (Å²) in [5.74, 6) is 0. The molecule has 3 rings (SSSR count). The SMILES string of the molecule is C[C@@H](O)c1c2ccccc2cc2ccccc12. The fraction of sp³-hybridized carbons (Fsp3) is 0.125. The van der Waals surface area contributed by atoms with Gasteiger partial charge >= 0.3 is 0 Å². The summed E-state index contributed by atoms with van der Waals surface area (Å²) in [6.45, 7) is 1.83. The number of hydrogen-bond acceptors (Lipinski definition) is 1. The van der Waals surface area contributed by atoms with Crippen molar-refractivity contribution < 1.29 is 5.11 Å². The van der Waals surface area contributed by atoms with Crippen LogP contribution in [0, 0.1) is 0 Å². The molecule has 1 nitrogen and oxygen atoms in total. The summed E-state index contributed by atoms with van der Waals surface area (Å²) in [6, 6.07) is 18.6. The molecular formula is C16H14O. The van der Waals surface area contributed by atoms with E-state index in [1.165, 1.54) is 10.8 Å². The summed E-state index contributed by atoms with van der Waals surface area (Å²) in [6.07, 6.45) is -0.453. The lowest BCUT2D eigenvalue weighted by atomic mass is 9.94. The van der Waals surface area contributed by atoms with Crippen molar-refractivity contribution in [3.8, 4) is 0 Å². The average Bonchev–Trinajstić information content (AvgIpc) is 2.35. The molecule has 0 aliphatic carbocycles. The third kappa shape index (κ3) is 1.60. The standard InChI is InChI=1S/C16H14O/c1-11(17)16-14-8-4-2-6-12(14)10-13-7-3-5-9-15(13)16/h2-11,17H,1H3/t11-/m1/s1. The first-order valence-electron chi connectivity index (χ1n) is 5.86. The Kier molecular flexibility index (Phi) is 2.34. The van der Waals surface area contributed by atoms with E-state index in [1.54, 1.807) is 0 Å². The zero-order valence-corrected chi connectivity index (χ0v) is 9.72. The summed E-state index contributed by atoms with van der Waals surface area (Å²) < 4.78 is 0. The van der Waals surface area contributed by atoms with Crippen molar-refractivity contribution in [1.82, 2.24) is 0 Å². The van der Waals surface area contributed by atoms with Crippen LogP contribution in [0.15, 0.2) is 54.6 Å². The highest BCUT2D eigenvalue weighted by Gasteiger charge is 2.10. The molecule has 3 aromatic rings. The number of aliphatic hydroxyl groups is 1. The lowest BCUT2D eigenvalue weighted by Gasteiger charge is -2.13. The highest BCUT2D eigenvalue weighted by molar-refractivity contribution is 6.02. The van der Waals surface area contributed by atoms with Gasteiger partial charge in [0.25, 0.3) is 0 Å². The normalized spacial score (nSPS) is 13.1. The second-order valence-electron chi connectivity index (χ2n) is 4.41. The van der Waals surface area contributed by atoms with E-state index in [0.29, 0.717) is 0 Å². The molecule has 1 N–H and O–H groups in total. The summed E-state index contributed by atoms with van der Waals surface area (Å²) in [5, 5.41) is 14.7. The number of aliphatic hydroxyl groups excluding tert-OH is 1. The van der Waals surface area contributed by atoms with Gasteiger partial charge in [0.05, 0.1) is 6.10 Å². The fourth-order valence-corrected chi connectivity index (χ4v) is 2.50. The van der Waals surface area contributed by atoms with Crippen LogP contribution in [0.4, 0.5) is 0 Å². The predicted molar refractivity (Wildman–Crippen MR) is 72.1 cm³/mol. The van der Waals surface area contributed by atoms with E-state index in [1.807, 2.05) is 31.2 Å². The smallest absolute Gasteiger partial charge is 0.0773 e. The second-order valence-corrected chi connectivity index (χ2v) is 4.41. The lowest BCUT2D eigenvalue weighted by Crippen LogP contribution is -1.94. The molecule has 0 fully saturated rings. The first-order chi connectivity index (χ1) is 8.27. The maximum atomic E-state index is 10.0. The molecule has 0 unspecified atom stereocenters. The molecule has 0 spiro atoms. The molecule has 3 aromatic carbocycles. The van der Waals surface area contributed by atoms with E-state index in [2.05, 4.69) is 30.3 Å². The Bertz CT molecular complexity index is 629. The Balaban J connectivity index is 2.56. The van der Waals surface area contributed by atoms with Crippen molar-refractivity contribution in [2.75, 3.05) is 0 Å². The van der Waals surface area contributed by atoms with Crippen LogP contribution in [0.25, 0.3) is 21.5 Å². The van der Waals surface area contributed by atoms with Gasteiger partial charge in [0.1, 0.15) is 0 Å². The first-order valence-corrected chi connectivity index (χ1v) is 5.86. The van der Waals surface area contributed by atoms with Crippen LogP contribution in [0.2, 0.25) is 0 Å². The Hall–Kier alpha value is -1.86. The monoisotopic (exact) mass is 222 g/mol. The van der Waals surface area contributed by atoms with Gasteiger partial charge in [-0.3, -0.25) is 0 Å². The summed E-state index contributed by atoms with van der Waals surface area (Å²) >= 11 is 0. The third-order valence-corrected chi connectivity index (χ3v) is 3.23. The molecule has 17 heavy (non-hydrogen) atoms. The van der Waals surface area contributed by atoms with Gasteiger partial charge in [0.2, 0.25) is 0 Å². The van der Waals surface area contributed by atoms with Crippen molar-refractivity contribution in [3.63, 3.8) is 0 Å². The summed E-state index contributed by atoms with van der Waals surface area (Å²) in [4.78, 5) is 0. The average molecular weight is 222 g/mol. The van der Waals surface area contributed by atoms with Crippen LogP contribution in [0.5, 0.6) is 0 Å². The van der Waals surface area contributed by atoms with Gasteiger partial charge in [0.15, 0.2) is 0 Å². The molecule has 0 amide bonds. The molecular weight excluding hydrogens is 208 g/mol. The number of hydrogen-bond donors (Lipinski definition) is 1. The van der Waals surface area contributed by atoms with E-state index in [-0.39, 0.29) is 0 Å². The molecule has 0 aliphatic heterocycles. The number of rotatable bonds is 1. The van der Waals surface area contributed by atoms with E-state index >= 15 is 0 Å². The predicted octanol–water partition coefficient (Wildman–Crippen LogP) is 4.05. The van der Waals surface area contributed by atoms with Crippen LogP contribution < -0.4 is 0 Å². The highest BCUT2D eigenvalue weighted by atomic mass is 16.3. The van der Waals surface area contributed by atoms with Gasteiger partial charge in [0, 0.05) is 0 Å². The summed E-state index contributed by atoms with van der Waals surface area (Å²) in [5.41, 5.74) is 1.03. The molecule has 84 valence electrons. The van der Waals surface area contributed by atoms with Crippen LogP contribution in [0.3, 0.4) is 0 Å². The largest absolute Gasteiger partial charge is 0.389 e. The van der Waals surface area contributed by atoms with Gasteiger partial charge in [-0.2, -0.15) is 0 Å². The minimum absolute atomic E-state index is 0.453. The third-order valence-electron chi connectivity index (χ3n) is 3.23. The molecule has 0 bridgehead atoms. The topological polar surface area (TPSA) is 20.2 Å². The van der Waals surface area contributed by atoms with E-state index < -0.39 is 6.10 Å². The van der Waals surface area contributed by atoms with E-state index in [4.69, 9.17) is 0 Å². The van der Waals surface area contributed by atoms with Gasteiger partial charge in [-0.25, -0.2) is 0 Å². The Labute approximate surface area is 100 Å². The molecule has 1 heteroatoms. The Morgan fingerprint density at radius 2 is 1.29 bits per heavy atom. The van der Waals surface area contributed by atoms with Crippen LogP contribution >= 0.6 is 0 Å². The minimum Gasteiger partial charge on any atom is -0.389 e. The Morgan fingerprint density at radius 1 is 0.824 bits per heavy atom. The van der Waals surface area contributed by atoms with Gasteiger partial charge in [-0.15, -0.1) is 0 Å². The maximum Gasteiger partial charge on any atom is 0.0773 e. The first kappa shape index (κ1) is 10.3.